The summed E-state index contributed by atoms with van der Waals surface area (Å²) in [6.07, 6.45) is 1.33. The number of nitrogens with zero attached hydrogens (tertiary/aromatic N) is 2. The first-order valence-electron chi connectivity index (χ1n) is 6.67. The van der Waals surface area contributed by atoms with Crippen molar-refractivity contribution in [3.05, 3.63) is 15.6 Å². The number of aryl methyl sites for hydroxylation is 1. The van der Waals surface area contributed by atoms with E-state index >= 15 is 0 Å². The van der Waals surface area contributed by atoms with Gasteiger partial charge >= 0.3 is 0 Å². The monoisotopic (exact) mass is 269 g/mol. The second kappa shape index (κ2) is 6.61. The number of thiazole rings is 1. The van der Waals surface area contributed by atoms with Crippen LogP contribution in [0.2, 0.25) is 0 Å². The quantitative estimate of drug-likeness (QED) is 0.829. The summed E-state index contributed by atoms with van der Waals surface area (Å²) in [5.41, 5.74) is 1.15. The van der Waals surface area contributed by atoms with Crippen LogP contribution in [-0.4, -0.2) is 43.2 Å². The molecule has 1 saturated heterocycles. The summed E-state index contributed by atoms with van der Waals surface area (Å²) >= 11 is 1.79. The van der Waals surface area contributed by atoms with Crippen molar-refractivity contribution < 1.29 is 4.74 Å². The topological polar surface area (TPSA) is 37.4 Å². The first kappa shape index (κ1) is 13.9. The van der Waals surface area contributed by atoms with Gasteiger partial charge in [-0.05, 0) is 26.9 Å². The fourth-order valence-corrected chi connectivity index (χ4v) is 3.13. The summed E-state index contributed by atoms with van der Waals surface area (Å²) in [5, 5.41) is 4.57. The summed E-state index contributed by atoms with van der Waals surface area (Å²) in [6, 6.07) is 0. The standard InChI is InChI=1S/C13H23N3OS/c1-4-5-14-8-12-10(2)15-13(18-12)11-9-16(3)6-7-17-11/h11,14H,4-9H2,1-3H3. The molecule has 0 bridgehead atoms. The van der Waals surface area contributed by atoms with Crippen molar-refractivity contribution in [2.45, 2.75) is 32.9 Å². The fraction of sp³-hybridized carbons (Fsp3) is 0.769. The predicted molar refractivity (Wildman–Crippen MR) is 75.0 cm³/mol. The van der Waals surface area contributed by atoms with Gasteiger partial charge in [0.15, 0.2) is 0 Å². The largest absolute Gasteiger partial charge is 0.368 e. The predicted octanol–water partition coefficient (Wildman–Crippen LogP) is 1.95. The van der Waals surface area contributed by atoms with E-state index in [1.165, 1.54) is 11.3 Å². The molecule has 1 aromatic rings. The molecular formula is C13H23N3OS. The SMILES string of the molecule is CCCNCc1sc(C2CN(C)CCO2)nc1C. The molecular weight excluding hydrogens is 246 g/mol. The Hall–Kier alpha value is -0.490. The van der Waals surface area contributed by atoms with Crippen LogP contribution in [-0.2, 0) is 11.3 Å². The third kappa shape index (κ3) is 3.51. The molecule has 0 amide bonds. The molecule has 2 heterocycles. The molecule has 1 aliphatic rings. The van der Waals surface area contributed by atoms with Gasteiger partial charge in [0.05, 0.1) is 12.3 Å². The highest BCUT2D eigenvalue weighted by molar-refractivity contribution is 7.11. The minimum Gasteiger partial charge on any atom is -0.368 e. The zero-order valence-corrected chi connectivity index (χ0v) is 12.3. The van der Waals surface area contributed by atoms with E-state index in [0.717, 1.165) is 43.5 Å². The molecule has 0 spiro atoms. The van der Waals surface area contributed by atoms with Gasteiger partial charge in [-0.1, -0.05) is 6.92 Å². The number of rotatable bonds is 5. The number of likely N-dealkylation sites (N-methyl/N-ethyl adjacent to an activating group) is 1. The van der Waals surface area contributed by atoms with E-state index in [0.29, 0.717) is 0 Å². The Bertz CT molecular complexity index is 380. The zero-order chi connectivity index (χ0) is 13.0. The van der Waals surface area contributed by atoms with Crippen LogP contribution in [0.5, 0.6) is 0 Å². The number of morpholine rings is 1. The Morgan fingerprint density at radius 2 is 2.39 bits per heavy atom. The second-order valence-corrected chi connectivity index (χ2v) is 5.97. The van der Waals surface area contributed by atoms with Crippen LogP contribution in [0.4, 0.5) is 0 Å². The highest BCUT2D eigenvalue weighted by Gasteiger charge is 2.23. The summed E-state index contributed by atoms with van der Waals surface area (Å²) in [7, 11) is 2.14. The van der Waals surface area contributed by atoms with Crippen LogP contribution in [0.25, 0.3) is 0 Å². The van der Waals surface area contributed by atoms with Gasteiger partial charge in [-0.2, -0.15) is 0 Å². The van der Waals surface area contributed by atoms with Crippen molar-refractivity contribution in [1.82, 2.24) is 15.2 Å². The van der Waals surface area contributed by atoms with Crippen LogP contribution in [0.1, 0.15) is 35.0 Å². The van der Waals surface area contributed by atoms with Crippen molar-refractivity contribution in [1.29, 1.82) is 0 Å². The zero-order valence-electron chi connectivity index (χ0n) is 11.5. The number of hydrogen-bond donors (Lipinski definition) is 1. The molecule has 1 aromatic heterocycles. The summed E-state index contributed by atoms with van der Waals surface area (Å²) < 4.78 is 5.81. The Balaban J connectivity index is 1.98. The molecule has 1 unspecified atom stereocenters. The molecule has 4 nitrogen and oxygen atoms in total. The van der Waals surface area contributed by atoms with E-state index in [4.69, 9.17) is 4.74 Å². The van der Waals surface area contributed by atoms with Crippen LogP contribution in [0.3, 0.4) is 0 Å². The van der Waals surface area contributed by atoms with Crippen molar-refractivity contribution in [3.63, 3.8) is 0 Å². The Morgan fingerprint density at radius 3 is 3.11 bits per heavy atom. The number of hydrogen-bond acceptors (Lipinski definition) is 5. The normalized spacial score (nSPS) is 21.4. The van der Waals surface area contributed by atoms with Gasteiger partial charge in [0.25, 0.3) is 0 Å². The van der Waals surface area contributed by atoms with Crippen molar-refractivity contribution in [2.24, 2.45) is 0 Å². The van der Waals surface area contributed by atoms with E-state index in [9.17, 15) is 0 Å². The Morgan fingerprint density at radius 1 is 1.56 bits per heavy atom. The molecule has 1 N–H and O–H groups in total. The lowest BCUT2D eigenvalue weighted by Gasteiger charge is -2.28. The molecule has 0 aromatic carbocycles. The highest BCUT2D eigenvalue weighted by atomic mass is 32.1. The maximum atomic E-state index is 5.81. The van der Waals surface area contributed by atoms with Gasteiger partial charge in [-0.3, -0.25) is 0 Å². The van der Waals surface area contributed by atoms with Gasteiger partial charge in [-0.25, -0.2) is 4.98 Å². The van der Waals surface area contributed by atoms with Crippen molar-refractivity contribution >= 4 is 11.3 Å². The third-order valence-corrected chi connectivity index (χ3v) is 4.42. The lowest BCUT2D eigenvalue weighted by Crippen LogP contribution is -2.35. The molecule has 18 heavy (non-hydrogen) atoms. The van der Waals surface area contributed by atoms with E-state index in [-0.39, 0.29) is 6.10 Å². The number of ether oxygens (including phenoxy) is 1. The van der Waals surface area contributed by atoms with Crippen LogP contribution < -0.4 is 5.32 Å². The van der Waals surface area contributed by atoms with E-state index in [1.807, 2.05) is 0 Å². The molecule has 5 heteroatoms. The number of aromatic nitrogens is 1. The minimum absolute atomic E-state index is 0.160. The first-order valence-corrected chi connectivity index (χ1v) is 7.49. The molecule has 102 valence electrons. The maximum absolute atomic E-state index is 5.81. The number of nitrogens with one attached hydrogen (secondary N) is 1. The molecule has 0 radical (unpaired) electrons. The summed E-state index contributed by atoms with van der Waals surface area (Å²) in [6.45, 7) is 9.05. The van der Waals surface area contributed by atoms with Crippen LogP contribution in [0.15, 0.2) is 0 Å². The average molecular weight is 269 g/mol. The van der Waals surface area contributed by atoms with E-state index in [2.05, 4.69) is 36.1 Å². The van der Waals surface area contributed by atoms with Gasteiger partial charge in [0.2, 0.25) is 0 Å². The van der Waals surface area contributed by atoms with E-state index < -0.39 is 0 Å². The summed E-state index contributed by atoms with van der Waals surface area (Å²) in [5.74, 6) is 0. The average Bonchev–Trinajstić information content (AvgIpc) is 2.72. The Labute approximate surface area is 113 Å². The van der Waals surface area contributed by atoms with Gasteiger partial charge in [0, 0.05) is 24.5 Å². The second-order valence-electron chi connectivity index (χ2n) is 4.86. The first-order chi connectivity index (χ1) is 8.70. The van der Waals surface area contributed by atoms with Crippen molar-refractivity contribution in [2.75, 3.05) is 33.3 Å². The lowest BCUT2D eigenvalue weighted by atomic mass is 10.3. The van der Waals surface area contributed by atoms with Crippen molar-refractivity contribution in [3.8, 4) is 0 Å². The van der Waals surface area contributed by atoms with Crippen LogP contribution in [0, 0.1) is 6.92 Å². The fourth-order valence-electron chi connectivity index (χ4n) is 2.06. The lowest BCUT2D eigenvalue weighted by molar-refractivity contribution is -0.0210. The minimum atomic E-state index is 0.160. The maximum Gasteiger partial charge on any atom is 0.123 e. The molecule has 1 aliphatic heterocycles. The summed E-state index contributed by atoms with van der Waals surface area (Å²) in [4.78, 5) is 8.32. The van der Waals surface area contributed by atoms with Gasteiger partial charge < -0.3 is 15.0 Å². The highest BCUT2D eigenvalue weighted by Crippen LogP contribution is 2.28. The van der Waals surface area contributed by atoms with Gasteiger partial charge in [0.1, 0.15) is 11.1 Å². The molecule has 0 saturated carbocycles. The molecule has 1 atom stereocenters. The molecule has 2 rings (SSSR count). The van der Waals surface area contributed by atoms with E-state index in [1.54, 1.807) is 11.3 Å². The van der Waals surface area contributed by atoms with Gasteiger partial charge in [-0.15, -0.1) is 11.3 Å². The smallest absolute Gasteiger partial charge is 0.123 e. The van der Waals surface area contributed by atoms with Crippen LogP contribution >= 0.6 is 11.3 Å². The molecule has 0 aliphatic carbocycles. The molecule has 1 fully saturated rings. The Kier molecular flexibility index (Phi) is 5.12. The third-order valence-electron chi connectivity index (χ3n) is 3.17.